The number of aliphatic hydroxyl groups is 1. The van der Waals surface area contributed by atoms with Crippen LogP contribution in [0, 0.1) is 0 Å². The minimum absolute atomic E-state index is 0.110. The number of rotatable bonds is 7. The zero-order valence-electron chi connectivity index (χ0n) is 23.4. The Morgan fingerprint density at radius 3 is 2.56 bits per heavy atom. The van der Waals surface area contributed by atoms with Crippen molar-refractivity contribution in [2.75, 3.05) is 23.0 Å². The average molecular weight is 600 g/mol. The van der Waals surface area contributed by atoms with Crippen LogP contribution in [0.1, 0.15) is 62.4 Å². The van der Waals surface area contributed by atoms with Gasteiger partial charge in [0, 0.05) is 24.4 Å². The molecule has 3 aromatic rings. The van der Waals surface area contributed by atoms with Crippen LogP contribution >= 0.6 is 11.6 Å². The molecule has 5 rings (SSSR count). The number of aliphatic hydroxyl groups excluding tert-OH is 1. The van der Waals surface area contributed by atoms with Crippen LogP contribution in [0.25, 0.3) is 0 Å². The van der Waals surface area contributed by atoms with Crippen molar-refractivity contribution >= 4 is 39.0 Å². The summed E-state index contributed by atoms with van der Waals surface area (Å²) in [6.45, 7) is 6.33. The summed E-state index contributed by atoms with van der Waals surface area (Å²) in [7, 11) is -3.45. The van der Waals surface area contributed by atoms with Crippen LogP contribution < -0.4 is 10.2 Å². The number of benzene rings is 2. The van der Waals surface area contributed by atoms with E-state index in [4.69, 9.17) is 16.3 Å². The quantitative estimate of drug-likeness (QED) is 0.379. The number of halogens is 1. The molecule has 0 spiro atoms. The highest BCUT2D eigenvalue weighted by Gasteiger charge is 2.41. The summed E-state index contributed by atoms with van der Waals surface area (Å²) in [5.74, 6) is 0.127. The summed E-state index contributed by atoms with van der Waals surface area (Å²) in [5, 5.41) is 14.5. The molecule has 3 heterocycles. The first-order valence-electron chi connectivity index (χ1n) is 13.4. The summed E-state index contributed by atoms with van der Waals surface area (Å²) >= 11 is 6.22. The first kappa shape index (κ1) is 29.4. The summed E-state index contributed by atoms with van der Waals surface area (Å²) in [6, 6.07) is 11.6. The molecular formula is C29H34ClN5O5S. The average Bonchev–Trinajstić information content (AvgIpc) is 3.53. The monoisotopic (exact) mass is 599 g/mol. The van der Waals surface area contributed by atoms with Crippen molar-refractivity contribution in [3.05, 3.63) is 76.6 Å². The fourth-order valence-electron chi connectivity index (χ4n) is 5.38. The van der Waals surface area contributed by atoms with E-state index in [0.29, 0.717) is 27.8 Å². The van der Waals surface area contributed by atoms with Gasteiger partial charge in [-0.1, -0.05) is 29.8 Å². The molecule has 1 saturated heterocycles. The Bertz CT molecular complexity index is 1540. The molecule has 1 aromatic heterocycles. The zero-order valence-corrected chi connectivity index (χ0v) is 25.0. The lowest BCUT2D eigenvalue weighted by Crippen LogP contribution is -2.44. The minimum atomic E-state index is -3.45. The van der Waals surface area contributed by atoms with Gasteiger partial charge in [0.2, 0.25) is 18.3 Å². The molecule has 0 radical (unpaired) electrons. The summed E-state index contributed by atoms with van der Waals surface area (Å²) < 4.78 is 30.0. The zero-order chi connectivity index (χ0) is 29.5. The van der Waals surface area contributed by atoms with E-state index in [1.54, 1.807) is 45.3 Å². The van der Waals surface area contributed by atoms with E-state index in [0.717, 1.165) is 31.2 Å². The number of fused-ring (bicyclic) bond motifs is 1. The van der Waals surface area contributed by atoms with Gasteiger partial charge in [-0.15, -0.1) is 0 Å². The number of amides is 1. The number of aromatic nitrogens is 2. The van der Waals surface area contributed by atoms with Crippen LogP contribution in [0.5, 0.6) is 0 Å². The fourth-order valence-corrected chi connectivity index (χ4v) is 6.25. The second kappa shape index (κ2) is 11.3. The molecule has 0 saturated carbocycles. The Morgan fingerprint density at radius 2 is 1.90 bits per heavy atom. The van der Waals surface area contributed by atoms with E-state index < -0.39 is 33.8 Å². The molecule has 2 aliphatic heterocycles. The lowest BCUT2D eigenvalue weighted by atomic mass is 10.0. The Balaban J connectivity index is 1.37. The van der Waals surface area contributed by atoms with Gasteiger partial charge in [-0.2, -0.15) is 0 Å². The predicted molar refractivity (Wildman–Crippen MR) is 156 cm³/mol. The number of carbonyl (C=O) groups is 1. The summed E-state index contributed by atoms with van der Waals surface area (Å²) in [4.78, 5) is 26.5. The maximum absolute atomic E-state index is 13.6. The van der Waals surface area contributed by atoms with Gasteiger partial charge in [-0.05, 0) is 74.6 Å². The molecule has 10 nitrogen and oxygen atoms in total. The van der Waals surface area contributed by atoms with E-state index in [1.165, 1.54) is 11.0 Å². The van der Waals surface area contributed by atoms with E-state index >= 15 is 0 Å². The van der Waals surface area contributed by atoms with Crippen molar-refractivity contribution in [2.45, 2.75) is 69.2 Å². The normalized spacial score (nSPS) is 20.2. The SMILES string of the molecule is CC(C)(C)OC(O)N1Cc2cc(S(C)(=O)=O)ccc2[C@@H]1C(=O)Nc1cnc(N2CCC[C@@H]2c2cccc(Cl)c2)nc1. The van der Waals surface area contributed by atoms with Gasteiger partial charge < -0.3 is 20.1 Å². The molecule has 2 N–H and O–H groups in total. The Hall–Kier alpha value is -3.09. The van der Waals surface area contributed by atoms with Crippen molar-refractivity contribution in [2.24, 2.45) is 0 Å². The second-order valence-electron chi connectivity index (χ2n) is 11.4. The Kier molecular flexibility index (Phi) is 8.10. The predicted octanol–water partition coefficient (Wildman–Crippen LogP) is 4.46. The summed E-state index contributed by atoms with van der Waals surface area (Å²) in [5.41, 5.74) is 2.02. The molecule has 2 aliphatic rings. The molecule has 12 heteroatoms. The van der Waals surface area contributed by atoms with Crippen molar-refractivity contribution < 1.29 is 23.1 Å². The van der Waals surface area contributed by atoms with Gasteiger partial charge in [0.1, 0.15) is 6.04 Å². The van der Waals surface area contributed by atoms with Gasteiger partial charge in [-0.3, -0.25) is 4.79 Å². The number of carbonyl (C=O) groups excluding carboxylic acids is 1. The topological polar surface area (TPSA) is 125 Å². The third-order valence-corrected chi connectivity index (χ3v) is 8.51. The number of nitrogens with zero attached hydrogens (tertiary/aromatic N) is 4. The van der Waals surface area contributed by atoms with Crippen molar-refractivity contribution in [3.8, 4) is 0 Å². The van der Waals surface area contributed by atoms with Crippen molar-refractivity contribution in [3.63, 3.8) is 0 Å². The van der Waals surface area contributed by atoms with Gasteiger partial charge in [0.05, 0.1) is 34.6 Å². The smallest absolute Gasteiger partial charge is 0.246 e. The van der Waals surface area contributed by atoms with E-state index in [-0.39, 0.29) is 17.5 Å². The van der Waals surface area contributed by atoms with E-state index in [9.17, 15) is 18.3 Å². The molecule has 1 unspecified atom stereocenters. The molecule has 1 amide bonds. The first-order chi connectivity index (χ1) is 19.3. The largest absolute Gasteiger partial charge is 0.356 e. The third kappa shape index (κ3) is 6.54. The highest BCUT2D eigenvalue weighted by molar-refractivity contribution is 7.90. The van der Waals surface area contributed by atoms with Crippen LogP contribution in [-0.2, 0) is 25.9 Å². The number of nitrogens with one attached hydrogen (secondary N) is 1. The lowest BCUT2D eigenvalue weighted by molar-refractivity contribution is -0.247. The van der Waals surface area contributed by atoms with Gasteiger partial charge in [0.25, 0.3) is 0 Å². The minimum Gasteiger partial charge on any atom is -0.356 e. The lowest BCUT2D eigenvalue weighted by Gasteiger charge is -2.33. The second-order valence-corrected chi connectivity index (χ2v) is 13.9. The number of ether oxygens (including phenoxy) is 1. The van der Waals surface area contributed by atoms with Gasteiger partial charge >= 0.3 is 0 Å². The number of hydrogen-bond acceptors (Lipinski definition) is 9. The van der Waals surface area contributed by atoms with Crippen LogP contribution in [0.4, 0.5) is 11.6 Å². The first-order valence-corrected chi connectivity index (χ1v) is 15.7. The van der Waals surface area contributed by atoms with Crippen LogP contribution in [0.15, 0.2) is 59.8 Å². The molecule has 218 valence electrons. The third-order valence-electron chi connectivity index (χ3n) is 7.16. The maximum atomic E-state index is 13.6. The van der Waals surface area contributed by atoms with E-state index in [1.807, 2.05) is 24.3 Å². The Morgan fingerprint density at radius 1 is 1.17 bits per heavy atom. The maximum Gasteiger partial charge on any atom is 0.246 e. The van der Waals surface area contributed by atoms with Crippen LogP contribution in [0.2, 0.25) is 5.02 Å². The molecule has 0 aliphatic carbocycles. The molecule has 0 bridgehead atoms. The number of anilines is 2. The van der Waals surface area contributed by atoms with Gasteiger partial charge in [-0.25, -0.2) is 23.3 Å². The standard InChI is InChI=1S/C29H34ClN5O5S/c1-29(2,3)40-28(37)35-17-19-14-22(41(4,38)39)10-11-23(19)25(35)26(36)33-21-15-31-27(32-16-21)34-12-6-9-24(34)18-7-5-8-20(30)13-18/h5,7-8,10-11,13-16,24-25,28,37H,6,9,12,17H2,1-4H3,(H,33,36)/t24-,25-,28?/m1/s1. The van der Waals surface area contributed by atoms with Crippen molar-refractivity contribution in [1.82, 2.24) is 14.9 Å². The number of sulfone groups is 1. The molecule has 41 heavy (non-hydrogen) atoms. The molecule has 3 atom stereocenters. The van der Waals surface area contributed by atoms with Gasteiger partial charge in [0.15, 0.2) is 9.84 Å². The number of hydrogen-bond donors (Lipinski definition) is 2. The molecular weight excluding hydrogens is 566 g/mol. The highest BCUT2D eigenvalue weighted by Crippen LogP contribution is 2.38. The van der Waals surface area contributed by atoms with Crippen molar-refractivity contribution in [1.29, 1.82) is 0 Å². The van der Waals surface area contributed by atoms with Crippen LogP contribution in [-0.4, -0.2) is 59.1 Å². The highest BCUT2D eigenvalue weighted by atomic mass is 35.5. The fraction of sp³-hybridized carbons (Fsp3) is 0.414. The van der Waals surface area contributed by atoms with E-state index in [2.05, 4.69) is 20.2 Å². The molecule has 2 aromatic carbocycles. The van der Waals surface area contributed by atoms with Crippen LogP contribution in [0.3, 0.4) is 0 Å². The summed E-state index contributed by atoms with van der Waals surface area (Å²) in [6.07, 6.45) is 4.80. The molecule has 1 fully saturated rings. The Labute approximate surface area is 245 Å².